The van der Waals surface area contributed by atoms with E-state index in [2.05, 4.69) is 5.32 Å². The minimum atomic E-state index is -0.211. The summed E-state index contributed by atoms with van der Waals surface area (Å²) in [5.41, 5.74) is 1.73. The molecular formula is C18H20ClNO3S. The van der Waals surface area contributed by atoms with E-state index in [1.807, 2.05) is 31.2 Å². The Hall–Kier alpha value is -1.85. The summed E-state index contributed by atoms with van der Waals surface area (Å²) in [4.78, 5) is 12.4. The number of carbonyl (C=O) groups is 1. The van der Waals surface area contributed by atoms with Crippen molar-refractivity contribution in [3.8, 4) is 11.5 Å². The zero-order valence-electron chi connectivity index (χ0n) is 13.8. The molecule has 6 heteroatoms. The van der Waals surface area contributed by atoms with Crippen molar-refractivity contribution >= 4 is 35.0 Å². The Bertz CT molecular complexity index is 691. The Kier molecular flexibility index (Phi) is 6.82. The first kappa shape index (κ1) is 18.5. The predicted octanol–water partition coefficient (Wildman–Crippen LogP) is 4.62. The molecule has 24 heavy (non-hydrogen) atoms. The lowest BCUT2D eigenvalue weighted by molar-refractivity contribution is -0.115. The van der Waals surface area contributed by atoms with Crippen LogP contribution >= 0.6 is 23.4 Å². The normalized spacial score (nSPS) is 11.7. The molecule has 2 aromatic rings. The van der Waals surface area contributed by atoms with E-state index in [0.717, 1.165) is 11.3 Å². The summed E-state index contributed by atoms with van der Waals surface area (Å²) in [7, 11) is 3.15. The van der Waals surface area contributed by atoms with Crippen LogP contribution in [-0.4, -0.2) is 25.4 Å². The molecule has 0 unspecified atom stereocenters. The van der Waals surface area contributed by atoms with Crippen LogP contribution < -0.4 is 14.8 Å². The molecule has 4 nitrogen and oxygen atoms in total. The molecule has 0 aliphatic carbocycles. The van der Waals surface area contributed by atoms with Gasteiger partial charge in [0.05, 0.1) is 25.2 Å². The molecule has 2 rings (SSSR count). The summed E-state index contributed by atoms with van der Waals surface area (Å²) in [6.45, 7) is 1.88. The maximum atomic E-state index is 12.4. The molecule has 0 aliphatic heterocycles. The van der Waals surface area contributed by atoms with Gasteiger partial charge >= 0.3 is 0 Å². The van der Waals surface area contributed by atoms with Crippen LogP contribution in [0.2, 0.25) is 5.02 Å². The highest BCUT2D eigenvalue weighted by molar-refractivity contribution is 7.99. The Morgan fingerprint density at radius 3 is 2.50 bits per heavy atom. The average molecular weight is 366 g/mol. The minimum Gasteiger partial charge on any atom is -0.497 e. The SMILES string of the molecule is COc1ccc(OC)c(NC(=O)[C@H](C)SCc2ccc(Cl)cc2)c1. The van der Waals surface area contributed by atoms with Gasteiger partial charge in [-0.1, -0.05) is 23.7 Å². The monoisotopic (exact) mass is 365 g/mol. The number of methoxy groups -OCH3 is 2. The number of amides is 1. The van der Waals surface area contributed by atoms with Gasteiger partial charge in [-0.15, -0.1) is 11.8 Å². The number of halogens is 1. The molecule has 0 heterocycles. The number of benzene rings is 2. The van der Waals surface area contributed by atoms with Crippen LogP contribution in [0, 0.1) is 0 Å². The van der Waals surface area contributed by atoms with Crippen LogP contribution in [0.1, 0.15) is 12.5 Å². The number of thioether (sulfide) groups is 1. The summed E-state index contributed by atoms with van der Waals surface area (Å²) in [5.74, 6) is 1.91. The molecule has 1 N–H and O–H groups in total. The van der Waals surface area contributed by atoms with E-state index in [-0.39, 0.29) is 11.2 Å². The molecule has 0 aliphatic rings. The molecule has 2 aromatic carbocycles. The average Bonchev–Trinajstić information content (AvgIpc) is 2.60. The molecule has 0 spiro atoms. The number of hydrogen-bond acceptors (Lipinski definition) is 4. The minimum absolute atomic E-state index is 0.0829. The lowest BCUT2D eigenvalue weighted by Crippen LogP contribution is -2.23. The van der Waals surface area contributed by atoms with Gasteiger partial charge in [-0.25, -0.2) is 0 Å². The second-order valence-corrected chi connectivity index (χ2v) is 6.90. The van der Waals surface area contributed by atoms with Gasteiger partial charge < -0.3 is 14.8 Å². The van der Waals surface area contributed by atoms with Crippen molar-refractivity contribution in [2.24, 2.45) is 0 Å². The molecule has 0 radical (unpaired) electrons. The zero-order valence-corrected chi connectivity index (χ0v) is 15.4. The molecule has 0 saturated heterocycles. The van der Waals surface area contributed by atoms with Gasteiger partial charge in [0, 0.05) is 16.8 Å². The molecule has 0 fully saturated rings. The van der Waals surface area contributed by atoms with Gasteiger partial charge in [-0.3, -0.25) is 4.79 Å². The quantitative estimate of drug-likeness (QED) is 0.777. The second-order valence-electron chi connectivity index (χ2n) is 5.14. The summed E-state index contributed by atoms with van der Waals surface area (Å²) in [6.07, 6.45) is 0. The van der Waals surface area contributed by atoms with E-state index >= 15 is 0 Å². The summed E-state index contributed by atoms with van der Waals surface area (Å²) >= 11 is 7.43. The lowest BCUT2D eigenvalue weighted by Gasteiger charge is -2.15. The topological polar surface area (TPSA) is 47.6 Å². The summed E-state index contributed by atoms with van der Waals surface area (Å²) < 4.78 is 10.5. The van der Waals surface area contributed by atoms with Crippen molar-refractivity contribution in [2.45, 2.75) is 17.9 Å². The fraction of sp³-hybridized carbons (Fsp3) is 0.278. The first-order valence-corrected chi connectivity index (χ1v) is 8.85. The van der Waals surface area contributed by atoms with Crippen molar-refractivity contribution in [3.05, 3.63) is 53.1 Å². The van der Waals surface area contributed by atoms with E-state index in [0.29, 0.717) is 22.2 Å². The van der Waals surface area contributed by atoms with E-state index in [9.17, 15) is 4.79 Å². The first-order valence-electron chi connectivity index (χ1n) is 7.42. The standard InChI is InChI=1S/C18H20ClNO3S/c1-12(24-11-13-4-6-14(19)7-5-13)18(21)20-16-10-15(22-2)8-9-17(16)23-3/h4-10,12H,11H2,1-3H3,(H,20,21)/t12-/m0/s1. The molecule has 128 valence electrons. The zero-order chi connectivity index (χ0) is 17.5. The Morgan fingerprint density at radius 2 is 1.88 bits per heavy atom. The van der Waals surface area contributed by atoms with Crippen molar-refractivity contribution in [3.63, 3.8) is 0 Å². The lowest BCUT2D eigenvalue weighted by atomic mass is 10.2. The van der Waals surface area contributed by atoms with Crippen molar-refractivity contribution in [1.82, 2.24) is 0 Å². The number of ether oxygens (including phenoxy) is 2. The molecule has 1 amide bonds. The van der Waals surface area contributed by atoms with Crippen LogP contribution in [0.15, 0.2) is 42.5 Å². The number of hydrogen-bond donors (Lipinski definition) is 1. The Morgan fingerprint density at radius 1 is 1.17 bits per heavy atom. The highest BCUT2D eigenvalue weighted by Gasteiger charge is 2.16. The molecule has 0 bridgehead atoms. The fourth-order valence-corrected chi connectivity index (χ4v) is 2.99. The Balaban J connectivity index is 1.97. The molecule has 0 saturated carbocycles. The van der Waals surface area contributed by atoms with Gasteiger partial charge in [-0.05, 0) is 36.8 Å². The predicted molar refractivity (Wildman–Crippen MR) is 100 cm³/mol. The van der Waals surface area contributed by atoms with Crippen molar-refractivity contribution in [1.29, 1.82) is 0 Å². The van der Waals surface area contributed by atoms with Gasteiger partial charge in [0.25, 0.3) is 0 Å². The fourth-order valence-electron chi connectivity index (χ4n) is 2.02. The van der Waals surface area contributed by atoms with E-state index in [1.165, 1.54) is 0 Å². The third-order valence-corrected chi connectivity index (χ3v) is 4.91. The maximum Gasteiger partial charge on any atom is 0.237 e. The van der Waals surface area contributed by atoms with Crippen LogP contribution in [0.25, 0.3) is 0 Å². The van der Waals surface area contributed by atoms with Gasteiger partial charge in [0.15, 0.2) is 0 Å². The van der Waals surface area contributed by atoms with Crippen LogP contribution in [-0.2, 0) is 10.5 Å². The third-order valence-electron chi connectivity index (χ3n) is 3.45. The Labute approximate surface area is 151 Å². The first-order chi connectivity index (χ1) is 11.5. The van der Waals surface area contributed by atoms with Crippen LogP contribution in [0.5, 0.6) is 11.5 Å². The van der Waals surface area contributed by atoms with Crippen molar-refractivity contribution in [2.75, 3.05) is 19.5 Å². The van der Waals surface area contributed by atoms with Crippen LogP contribution in [0.3, 0.4) is 0 Å². The number of carbonyl (C=O) groups excluding carboxylic acids is 1. The maximum absolute atomic E-state index is 12.4. The van der Waals surface area contributed by atoms with Gasteiger partial charge in [0.2, 0.25) is 5.91 Å². The second kappa shape index (κ2) is 8.85. The largest absolute Gasteiger partial charge is 0.497 e. The number of anilines is 1. The molecular weight excluding hydrogens is 346 g/mol. The highest BCUT2D eigenvalue weighted by Crippen LogP contribution is 2.30. The molecule has 0 aromatic heterocycles. The highest BCUT2D eigenvalue weighted by atomic mass is 35.5. The van der Waals surface area contributed by atoms with Crippen molar-refractivity contribution < 1.29 is 14.3 Å². The third kappa shape index (κ3) is 5.08. The van der Waals surface area contributed by atoms with E-state index in [4.69, 9.17) is 21.1 Å². The number of rotatable bonds is 7. The molecule has 1 atom stereocenters. The van der Waals surface area contributed by atoms with Crippen LogP contribution in [0.4, 0.5) is 5.69 Å². The summed E-state index contributed by atoms with van der Waals surface area (Å²) in [6, 6.07) is 12.9. The van der Waals surface area contributed by atoms with E-state index in [1.54, 1.807) is 44.2 Å². The smallest absolute Gasteiger partial charge is 0.237 e. The van der Waals surface area contributed by atoms with Gasteiger partial charge in [0.1, 0.15) is 11.5 Å². The number of nitrogens with one attached hydrogen (secondary N) is 1. The van der Waals surface area contributed by atoms with E-state index < -0.39 is 0 Å². The summed E-state index contributed by atoms with van der Waals surface area (Å²) in [5, 5.41) is 3.39. The van der Waals surface area contributed by atoms with Gasteiger partial charge in [-0.2, -0.15) is 0 Å².